The van der Waals surface area contributed by atoms with Crippen molar-refractivity contribution in [1.82, 2.24) is 0 Å². The first kappa shape index (κ1) is 15.3. The lowest BCUT2D eigenvalue weighted by molar-refractivity contribution is -0.137. The van der Waals surface area contributed by atoms with Crippen LogP contribution < -0.4 is 0 Å². The van der Waals surface area contributed by atoms with Gasteiger partial charge in [-0.3, -0.25) is 4.79 Å². The number of ether oxygens (including phenoxy) is 3. The second-order valence-corrected chi connectivity index (χ2v) is 3.27. The molecule has 0 aromatic rings. The van der Waals surface area contributed by atoms with E-state index in [0.29, 0.717) is 39.5 Å². The van der Waals surface area contributed by atoms with Gasteiger partial charge in [0.1, 0.15) is 0 Å². The zero-order chi connectivity index (χ0) is 12.1. The van der Waals surface area contributed by atoms with Crippen molar-refractivity contribution in [2.75, 3.05) is 39.6 Å². The van der Waals surface area contributed by atoms with Crippen molar-refractivity contribution in [1.29, 1.82) is 0 Å². The molecule has 0 bridgehead atoms. The number of hydrogen-bond acceptors (Lipinski definition) is 4. The van der Waals surface area contributed by atoms with Gasteiger partial charge < -0.3 is 19.3 Å². The van der Waals surface area contributed by atoms with Gasteiger partial charge in [0.25, 0.3) is 0 Å². The average Bonchev–Trinajstić information content (AvgIpc) is 2.25. The summed E-state index contributed by atoms with van der Waals surface area (Å²) in [4.78, 5) is 10.2. The van der Waals surface area contributed by atoms with E-state index in [1.54, 1.807) is 0 Å². The van der Waals surface area contributed by atoms with Gasteiger partial charge in [-0.25, -0.2) is 0 Å². The van der Waals surface area contributed by atoms with Crippen LogP contribution in [0.2, 0.25) is 0 Å². The summed E-state index contributed by atoms with van der Waals surface area (Å²) < 4.78 is 15.6. The molecule has 16 heavy (non-hydrogen) atoms. The summed E-state index contributed by atoms with van der Waals surface area (Å²) in [6.45, 7) is 5.70. The van der Waals surface area contributed by atoms with Gasteiger partial charge in [0.2, 0.25) is 0 Å². The molecule has 96 valence electrons. The van der Waals surface area contributed by atoms with Crippen molar-refractivity contribution >= 4 is 5.97 Å². The highest BCUT2D eigenvalue weighted by Crippen LogP contribution is 1.92. The van der Waals surface area contributed by atoms with Crippen LogP contribution in [0.15, 0.2) is 0 Å². The fourth-order valence-corrected chi connectivity index (χ4v) is 1.05. The first-order chi connectivity index (χ1) is 7.77. The third-order valence-corrected chi connectivity index (χ3v) is 1.83. The summed E-state index contributed by atoms with van der Waals surface area (Å²) in [5.41, 5.74) is 0. The van der Waals surface area contributed by atoms with Gasteiger partial charge >= 0.3 is 5.97 Å². The summed E-state index contributed by atoms with van der Waals surface area (Å²) in [6.07, 6.45) is 1.57. The first-order valence-electron chi connectivity index (χ1n) is 5.72. The predicted molar refractivity (Wildman–Crippen MR) is 59.6 cm³/mol. The second-order valence-electron chi connectivity index (χ2n) is 3.27. The Morgan fingerprint density at radius 1 is 0.938 bits per heavy atom. The van der Waals surface area contributed by atoms with Crippen LogP contribution in [0.1, 0.15) is 26.2 Å². The van der Waals surface area contributed by atoms with Crippen LogP contribution >= 0.6 is 0 Å². The van der Waals surface area contributed by atoms with Crippen LogP contribution in [0.3, 0.4) is 0 Å². The Morgan fingerprint density at radius 2 is 1.50 bits per heavy atom. The SMILES string of the molecule is CCOCCOCCCOCCCC(=O)O. The van der Waals surface area contributed by atoms with E-state index in [1.807, 2.05) is 6.92 Å². The Labute approximate surface area is 96.7 Å². The molecule has 0 aromatic heterocycles. The van der Waals surface area contributed by atoms with Gasteiger partial charge in [-0.2, -0.15) is 0 Å². The quantitative estimate of drug-likeness (QED) is 0.516. The first-order valence-corrected chi connectivity index (χ1v) is 5.72. The van der Waals surface area contributed by atoms with Gasteiger partial charge in [0.05, 0.1) is 13.2 Å². The molecule has 0 unspecified atom stereocenters. The molecule has 0 radical (unpaired) electrons. The zero-order valence-corrected chi connectivity index (χ0v) is 9.94. The largest absolute Gasteiger partial charge is 0.481 e. The van der Waals surface area contributed by atoms with E-state index in [9.17, 15) is 4.79 Å². The number of carbonyl (C=O) groups is 1. The summed E-state index contributed by atoms with van der Waals surface area (Å²) in [6, 6.07) is 0. The van der Waals surface area contributed by atoms with Gasteiger partial charge in [-0.15, -0.1) is 0 Å². The molecule has 0 fully saturated rings. The third-order valence-electron chi connectivity index (χ3n) is 1.83. The Balaban J connectivity index is 2.90. The lowest BCUT2D eigenvalue weighted by Gasteiger charge is -2.05. The monoisotopic (exact) mass is 234 g/mol. The third kappa shape index (κ3) is 13.4. The normalized spacial score (nSPS) is 10.6. The molecule has 0 aromatic carbocycles. The molecule has 0 spiro atoms. The van der Waals surface area contributed by atoms with Gasteiger partial charge in [-0.1, -0.05) is 0 Å². The Bertz CT molecular complexity index is 160. The van der Waals surface area contributed by atoms with Crippen LogP contribution in [0.25, 0.3) is 0 Å². The molecular weight excluding hydrogens is 212 g/mol. The molecule has 5 nitrogen and oxygen atoms in total. The smallest absolute Gasteiger partial charge is 0.303 e. The van der Waals surface area contributed by atoms with Crippen molar-refractivity contribution in [3.05, 3.63) is 0 Å². The Hall–Kier alpha value is -0.650. The highest BCUT2D eigenvalue weighted by molar-refractivity contribution is 5.66. The lowest BCUT2D eigenvalue weighted by Crippen LogP contribution is -2.07. The highest BCUT2D eigenvalue weighted by Gasteiger charge is 1.96. The summed E-state index contributed by atoms with van der Waals surface area (Å²) in [5, 5.41) is 8.37. The molecule has 5 heteroatoms. The summed E-state index contributed by atoms with van der Waals surface area (Å²) >= 11 is 0. The number of rotatable bonds is 12. The minimum absolute atomic E-state index is 0.171. The minimum atomic E-state index is -0.775. The van der Waals surface area contributed by atoms with Crippen LogP contribution in [-0.2, 0) is 19.0 Å². The number of carboxylic acids is 1. The Kier molecular flexibility index (Phi) is 11.9. The zero-order valence-electron chi connectivity index (χ0n) is 9.94. The van der Waals surface area contributed by atoms with Crippen molar-refractivity contribution in [2.24, 2.45) is 0 Å². The lowest BCUT2D eigenvalue weighted by atomic mass is 10.3. The van der Waals surface area contributed by atoms with Crippen molar-refractivity contribution in [2.45, 2.75) is 26.2 Å². The fourth-order valence-electron chi connectivity index (χ4n) is 1.05. The highest BCUT2D eigenvalue weighted by atomic mass is 16.5. The number of carboxylic acid groups (broad SMARTS) is 1. The summed E-state index contributed by atoms with van der Waals surface area (Å²) in [7, 11) is 0. The molecule has 0 saturated carbocycles. The van der Waals surface area contributed by atoms with E-state index in [1.165, 1.54) is 0 Å². The van der Waals surface area contributed by atoms with Gasteiger partial charge in [-0.05, 0) is 19.8 Å². The van der Waals surface area contributed by atoms with E-state index in [2.05, 4.69) is 0 Å². The standard InChI is InChI=1S/C11H22O5/c1-2-14-9-10-16-8-4-7-15-6-3-5-11(12)13/h2-10H2,1H3,(H,12,13). The van der Waals surface area contributed by atoms with Crippen molar-refractivity contribution < 1.29 is 24.1 Å². The molecule has 0 atom stereocenters. The molecule has 0 aliphatic heterocycles. The maximum absolute atomic E-state index is 10.2. The molecular formula is C11H22O5. The van der Waals surface area contributed by atoms with Crippen LogP contribution in [0, 0.1) is 0 Å². The van der Waals surface area contributed by atoms with E-state index in [-0.39, 0.29) is 6.42 Å². The van der Waals surface area contributed by atoms with Crippen LogP contribution in [0.5, 0.6) is 0 Å². The van der Waals surface area contributed by atoms with Gasteiger partial charge in [0.15, 0.2) is 0 Å². The average molecular weight is 234 g/mol. The number of hydrogen-bond donors (Lipinski definition) is 1. The minimum Gasteiger partial charge on any atom is -0.481 e. The predicted octanol–water partition coefficient (Wildman–Crippen LogP) is 1.31. The molecule has 0 aliphatic rings. The van der Waals surface area contributed by atoms with Crippen LogP contribution in [-0.4, -0.2) is 50.7 Å². The molecule has 0 amide bonds. The van der Waals surface area contributed by atoms with Crippen molar-refractivity contribution in [3.8, 4) is 0 Å². The number of aliphatic carboxylic acids is 1. The molecule has 0 rings (SSSR count). The van der Waals surface area contributed by atoms with E-state index in [0.717, 1.165) is 13.0 Å². The molecule has 1 N–H and O–H groups in total. The Morgan fingerprint density at radius 3 is 2.12 bits per heavy atom. The second kappa shape index (κ2) is 12.4. The van der Waals surface area contributed by atoms with E-state index < -0.39 is 5.97 Å². The van der Waals surface area contributed by atoms with Crippen LogP contribution in [0.4, 0.5) is 0 Å². The topological polar surface area (TPSA) is 65.0 Å². The fraction of sp³-hybridized carbons (Fsp3) is 0.909. The molecule has 0 saturated heterocycles. The van der Waals surface area contributed by atoms with Crippen molar-refractivity contribution in [3.63, 3.8) is 0 Å². The van der Waals surface area contributed by atoms with Gasteiger partial charge in [0, 0.05) is 32.8 Å². The summed E-state index contributed by atoms with van der Waals surface area (Å²) in [5.74, 6) is -0.775. The van der Waals surface area contributed by atoms with E-state index in [4.69, 9.17) is 19.3 Å². The maximum atomic E-state index is 10.2. The molecule has 0 heterocycles. The van der Waals surface area contributed by atoms with E-state index >= 15 is 0 Å². The molecule has 0 aliphatic carbocycles. The maximum Gasteiger partial charge on any atom is 0.303 e.